The van der Waals surface area contributed by atoms with Gasteiger partial charge in [0.15, 0.2) is 0 Å². The topological polar surface area (TPSA) is 55.4 Å². The van der Waals surface area contributed by atoms with E-state index in [4.69, 9.17) is 4.74 Å². The van der Waals surface area contributed by atoms with Gasteiger partial charge in [-0.2, -0.15) is 0 Å². The quantitative estimate of drug-likeness (QED) is 0.455. The number of carbonyl (C=O) groups is 2. The highest BCUT2D eigenvalue weighted by Crippen LogP contribution is 2.06. The molecule has 1 amide bonds. The molecule has 0 aromatic rings. The first-order chi connectivity index (χ1) is 7.22. The molecule has 0 radical (unpaired) electrons. The molecule has 1 N–H and O–H groups in total. The van der Waals surface area contributed by atoms with Gasteiger partial charge in [0, 0.05) is 6.54 Å². The van der Waals surface area contributed by atoms with Crippen LogP contribution in [-0.4, -0.2) is 24.0 Å². The molecular weight excluding hydrogens is 206 g/mol. The van der Waals surface area contributed by atoms with Gasteiger partial charge < -0.3 is 10.1 Å². The molecule has 4 heteroatoms. The Kier molecular flexibility index (Phi) is 6.08. The highest BCUT2D eigenvalue weighted by molar-refractivity contribution is 6.32. The number of hydrogen-bond donors (Lipinski definition) is 1. The third-order valence-corrected chi connectivity index (χ3v) is 1.83. The monoisotopic (exact) mass is 229 g/mol. The lowest BCUT2D eigenvalue weighted by Gasteiger charge is -2.18. The van der Waals surface area contributed by atoms with Crippen molar-refractivity contribution in [2.75, 3.05) is 6.54 Å². The average Bonchev–Trinajstić information content (AvgIpc) is 2.08. The van der Waals surface area contributed by atoms with Crippen LogP contribution in [0.25, 0.3) is 0 Å². The van der Waals surface area contributed by atoms with Gasteiger partial charge in [0.2, 0.25) is 0 Å². The van der Waals surface area contributed by atoms with Gasteiger partial charge in [0.1, 0.15) is 5.60 Å². The first-order valence-electron chi connectivity index (χ1n) is 5.73. The molecule has 16 heavy (non-hydrogen) atoms. The lowest BCUT2D eigenvalue weighted by atomic mass is 10.1. The third kappa shape index (κ3) is 8.26. The summed E-state index contributed by atoms with van der Waals surface area (Å²) >= 11 is 0. The zero-order valence-corrected chi connectivity index (χ0v) is 10.9. The molecule has 0 aliphatic carbocycles. The molecule has 0 heterocycles. The largest absolute Gasteiger partial charge is 0.453 e. The Labute approximate surface area is 97.7 Å². The molecule has 0 aromatic heterocycles. The smallest absolute Gasteiger partial charge is 0.397 e. The molecule has 0 rings (SSSR count). The molecule has 4 nitrogen and oxygen atoms in total. The van der Waals surface area contributed by atoms with Crippen molar-refractivity contribution in [1.29, 1.82) is 0 Å². The fourth-order valence-electron chi connectivity index (χ4n) is 1.11. The van der Waals surface area contributed by atoms with Crippen molar-refractivity contribution in [2.45, 2.75) is 53.1 Å². The minimum absolute atomic E-state index is 0.524. The van der Waals surface area contributed by atoms with Crippen LogP contribution in [0.2, 0.25) is 0 Å². The molecular formula is C12H23NO3. The van der Waals surface area contributed by atoms with Crippen LogP contribution in [0.4, 0.5) is 0 Å². The molecule has 0 spiro atoms. The molecule has 0 bridgehead atoms. The van der Waals surface area contributed by atoms with Crippen molar-refractivity contribution >= 4 is 11.9 Å². The summed E-state index contributed by atoms with van der Waals surface area (Å²) in [6.07, 6.45) is 1.92. The van der Waals surface area contributed by atoms with Gasteiger partial charge in [-0.1, -0.05) is 13.8 Å². The molecule has 0 atom stereocenters. The number of esters is 1. The Morgan fingerprint density at radius 3 is 2.25 bits per heavy atom. The molecule has 0 aliphatic heterocycles. The first kappa shape index (κ1) is 14.9. The maximum atomic E-state index is 11.3. The summed E-state index contributed by atoms with van der Waals surface area (Å²) in [5.41, 5.74) is -0.619. The van der Waals surface area contributed by atoms with Crippen LogP contribution in [-0.2, 0) is 14.3 Å². The van der Waals surface area contributed by atoms with Crippen LogP contribution < -0.4 is 5.32 Å². The molecule has 0 aliphatic rings. The predicted molar refractivity (Wildman–Crippen MR) is 62.9 cm³/mol. The van der Waals surface area contributed by atoms with Gasteiger partial charge in [-0.15, -0.1) is 0 Å². The van der Waals surface area contributed by atoms with Crippen molar-refractivity contribution < 1.29 is 14.3 Å². The van der Waals surface area contributed by atoms with Crippen molar-refractivity contribution in [3.05, 3.63) is 0 Å². The summed E-state index contributed by atoms with van der Waals surface area (Å²) in [5, 5.41) is 2.55. The number of amides is 1. The summed E-state index contributed by atoms with van der Waals surface area (Å²) in [6.45, 7) is 9.96. The fraction of sp³-hybridized carbons (Fsp3) is 0.833. The lowest BCUT2D eigenvalue weighted by Crippen LogP contribution is -2.37. The number of nitrogens with one attached hydrogen (secondary N) is 1. The van der Waals surface area contributed by atoms with Gasteiger partial charge in [-0.25, -0.2) is 4.79 Å². The van der Waals surface area contributed by atoms with E-state index in [1.807, 2.05) is 0 Å². The summed E-state index contributed by atoms with van der Waals surface area (Å²) in [4.78, 5) is 22.5. The van der Waals surface area contributed by atoms with Gasteiger partial charge >= 0.3 is 11.9 Å². The Balaban J connectivity index is 3.77. The maximum Gasteiger partial charge on any atom is 0.397 e. The van der Waals surface area contributed by atoms with Crippen LogP contribution in [0, 0.1) is 5.92 Å². The average molecular weight is 229 g/mol. The summed E-state index contributed by atoms with van der Waals surface area (Å²) in [5.74, 6) is -0.853. The van der Waals surface area contributed by atoms with E-state index in [1.54, 1.807) is 20.8 Å². The second-order valence-corrected chi connectivity index (χ2v) is 5.29. The Morgan fingerprint density at radius 1 is 1.25 bits per heavy atom. The van der Waals surface area contributed by atoms with Crippen molar-refractivity contribution in [3.63, 3.8) is 0 Å². The summed E-state index contributed by atoms with van der Waals surface area (Å²) in [6, 6.07) is 0. The predicted octanol–water partition coefficient (Wildman–Crippen LogP) is 1.88. The van der Waals surface area contributed by atoms with Crippen LogP contribution in [0.3, 0.4) is 0 Å². The van der Waals surface area contributed by atoms with Crippen molar-refractivity contribution in [3.8, 4) is 0 Å². The van der Waals surface area contributed by atoms with Crippen LogP contribution in [0.15, 0.2) is 0 Å². The zero-order valence-electron chi connectivity index (χ0n) is 10.9. The molecule has 0 unspecified atom stereocenters. The molecule has 0 saturated heterocycles. The standard InChI is InChI=1S/C12H23NO3/c1-9(2)7-6-8-13-10(14)11(15)16-12(3,4)5/h9H,6-8H2,1-5H3,(H,13,14). The normalized spacial score (nSPS) is 11.4. The van der Waals surface area contributed by atoms with Gasteiger partial charge in [0.05, 0.1) is 0 Å². The van der Waals surface area contributed by atoms with E-state index in [-0.39, 0.29) is 0 Å². The Hall–Kier alpha value is -1.06. The SMILES string of the molecule is CC(C)CCCNC(=O)C(=O)OC(C)(C)C. The molecule has 0 fully saturated rings. The van der Waals surface area contributed by atoms with E-state index in [1.165, 1.54) is 0 Å². The van der Waals surface area contributed by atoms with Crippen LogP contribution in [0.1, 0.15) is 47.5 Å². The van der Waals surface area contributed by atoms with Gasteiger partial charge in [-0.05, 0) is 39.5 Å². The van der Waals surface area contributed by atoms with E-state index < -0.39 is 17.5 Å². The molecule has 0 aromatic carbocycles. The highest BCUT2D eigenvalue weighted by atomic mass is 16.6. The zero-order chi connectivity index (χ0) is 12.8. The second-order valence-electron chi connectivity index (χ2n) is 5.29. The minimum Gasteiger partial charge on any atom is -0.453 e. The summed E-state index contributed by atoms with van der Waals surface area (Å²) in [7, 11) is 0. The lowest BCUT2D eigenvalue weighted by molar-refractivity contribution is -0.163. The highest BCUT2D eigenvalue weighted by Gasteiger charge is 2.22. The van der Waals surface area contributed by atoms with Gasteiger partial charge in [-0.3, -0.25) is 4.79 Å². The van der Waals surface area contributed by atoms with E-state index >= 15 is 0 Å². The van der Waals surface area contributed by atoms with E-state index in [9.17, 15) is 9.59 Å². The van der Waals surface area contributed by atoms with E-state index in [2.05, 4.69) is 19.2 Å². The first-order valence-corrected chi connectivity index (χ1v) is 5.73. The number of hydrogen-bond acceptors (Lipinski definition) is 3. The number of ether oxygens (including phenoxy) is 1. The number of rotatable bonds is 4. The second kappa shape index (κ2) is 6.51. The van der Waals surface area contributed by atoms with Crippen molar-refractivity contribution in [2.24, 2.45) is 5.92 Å². The number of carbonyl (C=O) groups excluding carboxylic acids is 2. The van der Waals surface area contributed by atoms with E-state index in [0.717, 1.165) is 12.8 Å². The fourth-order valence-corrected chi connectivity index (χ4v) is 1.11. The van der Waals surface area contributed by atoms with Gasteiger partial charge in [0.25, 0.3) is 0 Å². The maximum absolute atomic E-state index is 11.3. The minimum atomic E-state index is -0.808. The van der Waals surface area contributed by atoms with E-state index in [0.29, 0.717) is 12.5 Å². The van der Waals surface area contributed by atoms with Crippen LogP contribution >= 0.6 is 0 Å². The summed E-state index contributed by atoms with van der Waals surface area (Å²) < 4.78 is 4.93. The Bertz CT molecular complexity index is 241. The molecule has 0 saturated carbocycles. The van der Waals surface area contributed by atoms with Crippen molar-refractivity contribution in [1.82, 2.24) is 5.32 Å². The Morgan fingerprint density at radius 2 is 1.81 bits per heavy atom. The molecule has 94 valence electrons. The van der Waals surface area contributed by atoms with Crippen LogP contribution in [0.5, 0.6) is 0 Å². The third-order valence-electron chi connectivity index (χ3n) is 1.83.